The number of carbonyl (C=O) groups excluding carboxylic acids is 1. The Balaban J connectivity index is 2.36. The number of aromatic nitrogens is 2. The van der Waals surface area contributed by atoms with Crippen molar-refractivity contribution in [3.63, 3.8) is 0 Å². The molecule has 0 saturated carbocycles. The number of aryl methyl sites for hydroxylation is 1. The van der Waals surface area contributed by atoms with Gasteiger partial charge in [0.2, 0.25) is 5.91 Å². The standard InChI is InChI=1S/C14H19N3OS/c1-5-11(14(18)16(3)4)17-9-10(2)13(15-17)12-7-6-8-19-12/h6-9,11H,5H2,1-4H3/t11-/m1/s1. The number of thiophene rings is 1. The Morgan fingerprint density at radius 3 is 2.79 bits per heavy atom. The van der Waals surface area contributed by atoms with E-state index >= 15 is 0 Å². The second-order valence-electron chi connectivity index (χ2n) is 4.77. The Labute approximate surface area is 117 Å². The van der Waals surface area contributed by atoms with Gasteiger partial charge in [0, 0.05) is 20.3 Å². The SMILES string of the molecule is CC[C@H](C(=O)N(C)C)n1cc(C)c(-c2cccs2)n1. The third-order valence-electron chi connectivity index (χ3n) is 3.10. The van der Waals surface area contributed by atoms with Crippen molar-refractivity contribution < 1.29 is 4.79 Å². The molecule has 1 amide bonds. The molecule has 2 aromatic heterocycles. The summed E-state index contributed by atoms with van der Waals surface area (Å²) >= 11 is 1.67. The average molecular weight is 277 g/mol. The van der Waals surface area contributed by atoms with Crippen LogP contribution in [0.4, 0.5) is 0 Å². The van der Waals surface area contributed by atoms with Gasteiger partial charge in [0.1, 0.15) is 11.7 Å². The van der Waals surface area contributed by atoms with Crippen molar-refractivity contribution in [1.82, 2.24) is 14.7 Å². The first-order valence-electron chi connectivity index (χ1n) is 6.35. The summed E-state index contributed by atoms with van der Waals surface area (Å²) in [5.74, 6) is 0.0859. The zero-order chi connectivity index (χ0) is 14.0. The summed E-state index contributed by atoms with van der Waals surface area (Å²) < 4.78 is 1.80. The van der Waals surface area contributed by atoms with Crippen LogP contribution < -0.4 is 0 Å². The minimum absolute atomic E-state index is 0.0859. The summed E-state index contributed by atoms with van der Waals surface area (Å²) in [7, 11) is 3.56. The van der Waals surface area contributed by atoms with Gasteiger partial charge in [0.15, 0.2) is 0 Å². The van der Waals surface area contributed by atoms with E-state index in [1.54, 1.807) is 35.0 Å². The van der Waals surface area contributed by atoms with E-state index in [-0.39, 0.29) is 11.9 Å². The van der Waals surface area contributed by atoms with Crippen LogP contribution in [0.3, 0.4) is 0 Å². The van der Waals surface area contributed by atoms with Gasteiger partial charge < -0.3 is 4.90 Å². The van der Waals surface area contributed by atoms with Crippen LogP contribution >= 0.6 is 11.3 Å². The molecule has 0 fully saturated rings. The Bertz CT molecular complexity index is 557. The third kappa shape index (κ3) is 2.71. The predicted octanol–water partition coefficient (Wildman–Crippen LogP) is 2.96. The highest BCUT2D eigenvalue weighted by Gasteiger charge is 2.22. The predicted molar refractivity (Wildman–Crippen MR) is 78.3 cm³/mol. The second-order valence-corrected chi connectivity index (χ2v) is 5.72. The molecule has 102 valence electrons. The number of rotatable bonds is 4. The van der Waals surface area contributed by atoms with Crippen LogP contribution in [0.2, 0.25) is 0 Å². The van der Waals surface area contributed by atoms with E-state index in [2.05, 4.69) is 11.2 Å². The molecule has 0 N–H and O–H groups in total. The average Bonchev–Trinajstić information content (AvgIpc) is 2.99. The highest BCUT2D eigenvalue weighted by atomic mass is 32.1. The fourth-order valence-corrected chi connectivity index (χ4v) is 2.85. The molecule has 1 atom stereocenters. The lowest BCUT2D eigenvalue weighted by molar-refractivity contribution is -0.132. The van der Waals surface area contributed by atoms with Crippen molar-refractivity contribution in [3.8, 4) is 10.6 Å². The molecule has 5 heteroatoms. The Morgan fingerprint density at radius 1 is 1.53 bits per heavy atom. The van der Waals surface area contributed by atoms with E-state index in [1.165, 1.54) is 0 Å². The molecule has 0 aliphatic heterocycles. The highest BCUT2D eigenvalue weighted by Crippen LogP contribution is 2.27. The van der Waals surface area contributed by atoms with Gasteiger partial charge >= 0.3 is 0 Å². The molecule has 0 saturated heterocycles. The topological polar surface area (TPSA) is 38.1 Å². The number of nitrogens with zero attached hydrogens (tertiary/aromatic N) is 3. The van der Waals surface area contributed by atoms with Crippen molar-refractivity contribution in [2.75, 3.05) is 14.1 Å². The smallest absolute Gasteiger partial charge is 0.246 e. The van der Waals surface area contributed by atoms with E-state index in [1.807, 2.05) is 31.5 Å². The minimum atomic E-state index is -0.220. The van der Waals surface area contributed by atoms with Gasteiger partial charge in [-0.2, -0.15) is 5.10 Å². The summed E-state index contributed by atoms with van der Waals surface area (Å²) in [4.78, 5) is 14.9. The summed E-state index contributed by atoms with van der Waals surface area (Å²) in [6.07, 6.45) is 2.70. The van der Waals surface area contributed by atoms with E-state index in [4.69, 9.17) is 0 Å². The quantitative estimate of drug-likeness (QED) is 0.861. The van der Waals surface area contributed by atoms with Gasteiger partial charge in [-0.15, -0.1) is 11.3 Å². The van der Waals surface area contributed by atoms with E-state index in [0.29, 0.717) is 0 Å². The van der Waals surface area contributed by atoms with Crippen molar-refractivity contribution >= 4 is 17.2 Å². The maximum atomic E-state index is 12.1. The van der Waals surface area contributed by atoms with Crippen molar-refractivity contribution in [1.29, 1.82) is 0 Å². The zero-order valence-corrected chi connectivity index (χ0v) is 12.6. The number of amides is 1. The number of hydrogen-bond acceptors (Lipinski definition) is 3. The normalized spacial score (nSPS) is 12.4. The first kappa shape index (κ1) is 13.8. The molecule has 0 unspecified atom stereocenters. The zero-order valence-electron chi connectivity index (χ0n) is 11.8. The van der Waals surface area contributed by atoms with Gasteiger partial charge in [0.25, 0.3) is 0 Å². The molecule has 0 aromatic carbocycles. The van der Waals surface area contributed by atoms with Crippen LogP contribution in [-0.2, 0) is 4.79 Å². The largest absolute Gasteiger partial charge is 0.347 e. The molecule has 0 bridgehead atoms. The first-order chi connectivity index (χ1) is 9.04. The monoisotopic (exact) mass is 277 g/mol. The van der Waals surface area contributed by atoms with Gasteiger partial charge in [-0.25, -0.2) is 0 Å². The molecule has 0 radical (unpaired) electrons. The lowest BCUT2D eigenvalue weighted by Crippen LogP contribution is -2.31. The Morgan fingerprint density at radius 2 is 2.26 bits per heavy atom. The van der Waals surface area contributed by atoms with Gasteiger partial charge in [-0.1, -0.05) is 13.0 Å². The molecule has 2 heterocycles. The summed E-state index contributed by atoms with van der Waals surface area (Å²) in [6, 6.07) is 3.85. The lowest BCUT2D eigenvalue weighted by Gasteiger charge is -2.19. The van der Waals surface area contributed by atoms with Gasteiger partial charge in [0.05, 0.1) is 4.88 Å². The number of carbonyl (C=O) groups is 1. The molecular weight excluding hydrogens is 258 g/mol. The summed E-state index contributed by atoms with van der Waals surface area (Å²) in [5, 5.41) is 6.64. The Hall–Kier alpha value is -1.62. The van der Waals surface area contributed by atoms with Crippen molar-refractivity contribution in [2.45, 2.75) is 26.3 Å². The van der Waals surface area contributed by atoms with Crippen LogP contribution in [0.5, 0.6) is 0 Å². The maximum absolute atomic E-state index is 12.1. The number of likely N-dealkylation sites (N-methyl/N-ethyl adjacent to an activating group) is 1. The molecule has 2 aromatic rings. The molecular formula is C14H19N3OS. The molecule has 0 aliphatic carbocycles. The summed E-state index contributed by atoms with van der Waals surface area (Å²) in [6.45, 7) is 4.04. The molecule has 4 nitrogen and oxygen atoms in total. The summed E-state index contributed by atoms with van der Waals surface area (Å²) in [5.41, 5.74) is 2.08. The maximum Gasteiger partial charge on any atom is 0.246 e. The molecule has 19 heavy (non-hydrogen) atoms. The molecule has 0 spiro atoms. The van der Waals surface area contributed by atoms with Crippen molar-refractivity contribution in [3.05, 3.63) is 29.3 Å². The molecule has 2 rings (SSSR count). The molecule has 0 aliphatic rings. The van der Waals surface area contributed by atoms with E-state index in [9.17, 15) is 4.79 Å². The van der Waals surface area contributed by atoms with Gasteiger partial charge in [-0.05, 0) is 30.4 Å². The van der Waals surface area contributed by atoms with Crippen LogP contribution in [0, 0.1) is 6.92 Å². The van der Waals surface area contributed by atoms with E-state index < -0.39 is 0 Å². The first-order valence-corrected chi connectivity index (χ1v) is 7.23. The highest BCUT2D eigenvalue weighted by molar-refractivity contribution is 7.13. The minimum Gasteiger partial charge on any atom is -0.347 e. The lowest BCUT2D eigenvalue weighted by atomic mass is 10.2. The van der Waals surface area contributed by atoms with Crippen molar-refractivity contribution in [2.24, 2.45) is 0 Å². The van der Waals surface area contributed by atoms with Crippen LogP contribution in [0.25, 0.3) is 10.6 Å². The third-order valence-corrected chi connectivity index (χ3v) is 3.98. The van der Waals surface area contributed by atoms with E-state index in [0.717, 1.165) is 22.6 Å². The fraction of sp³-hybridized carbons (Fsp3) is 0.429. The Kier molecular flexibility index (Phi) is 4.04. The van der Waals surface area contributed by atoms with Crippen LogP contribution in [0.1, 0.15) is 24.9 Å². The second kappa shape index (κ2) is 5.57. The van der Waals surface area contributed by atoms with Crippen LogP contribution in [0.15, 0.2) is 23.7 Å². The van der Waals surface area contributed by atoms with Gasteiger partial charge in [-0.3, -0.25) is 9.48 Å². The number of hydrogen-bond donors (Lipinski definition) is 0. The van der Waals surface area contributed by atoms with Crippen LogP contribution in [-0.4, -0.2) is 34.7 Å². The fourth-order valence-electron chi connectivity index (χ4n) is 2.07.